The largest absolute Gasteiger partial charge is 0.478 e. The Balaban J connectivity index is 2.25. The van der Waals surface area contributed by atoms with Gasteiger partial charge in [0.25, 0.3) is 0 Å². The van der Waals surface area contributed by atoms with Gasteiger partial charge in [-0.3, -0.25) is 14.4 Å². The van der Waals surface area contributed by atoms with Gasteiger partial charge in [-0.1, -0.05) is 11.8 Å². The Labute approximate surface area is 165 Å². The summed E-state index contributed by atoms with van der Waals surface area (Å²) >= 11 is 1.16. The van der Waals surface area contributed by atoms with Crippen molar-refractivity contribution in [3.63, 3.8) is 0 Å². The zero-order valence-electron chi connectivity index (χ0n) is 15.4. The Morgan fingerprint density at radius 2 is 1.46 bits per heavy atom. The summed E-state index contributed by atoms with van der Waals surface area (Å²) < 4.78 is 21.4. The molecule has 1 aliphatic rings. The Hall–Kier alpha value is -2.59. The first-order valence-corrected chi connectivity index (χ1v) is 9.18. The van der Waals surface area contributed by atoms with Crippen molar-refractivity contribution < 1.29 is 43.2 Å². The Kier molecular flexibility index (Phi) is 7.41. The van der Waals surface area contributed by atoms with Crippen LogP contribution in [0.4, 0.5) is 0 Å². The van der Waals surface area contributed by atoms with Crippen LogP contribution in [0.15, 0.2) is 29.2 Å². The van der Waals surface area contributed by atoms with E-state index in [1.54, 1.807) is 12.1 Å². The minimum atomic E-state index is -1.05. The number of hydrogen-bond donors (Lipinski definition) is 1. The first-order chi connectivity index (χ1) is 13.2. The molecule has 1 saturated heterocycles. The number of ether oxygens (including phenoxy) is 4. The number of esters is 3. The van der Waals surface area contributed by atoms with Gasteiger partial charge in [0.15, 0.2) is 18.3 Å². The third kappa shape index (κ3) is 5.96. The number of thioether (sulfide) groups is 1. The molecule has 28 heavy (non-hydrogen) atoms. The molecule has 0 amide bonds. The zero-order chi connectivity index (χ0) is 20.8. The van der Waals surface area contributed by atoms with E-state index in [2.05, 4.69) is 0 Å². The molecule has 1 aliphatic heterocycles. The molecule has 4 atom stereocenters. The number of carbonyl (C=O) groups is 4. The van der Waals surface area contributed by atoms with Gasteiger partial charge >= 0.3 is 23.9 Å². The molecular weight excluding hydrogens is 392 g/mol. The summed E-state index contributed by atoms with van der Waals surface area (Å²) in [6.45, 7) is 3.53. The quantitative estimate of drug-likeness (QED) is 0.544. The summed E-state index contributed by atoms with van der Waals surface area (Å²) in [7, 11) is 0. The van der Waals surface area contributed by atoms with E-state index in [1.807, 2.05) is 0 Å². The SMILES string of the molecule is CC(=O)O[C@@H]1[C@@H](OC(C)=O)[C@H](Sc2ccc(C(=O)O)cc2)OC[C@H]1OC(C)=O. The number of benzene rings is 1. The lowest BCUT2D eigenvalue weighted by molar-refractivity contribution is -0.213. The molecule has 1 fully saturated rings. The van der Waals surface area contributed by atoms with Gasteiger partial charge in [0, 0.05) is 25.7 Å². The van der Waals surface area contributed by atoms with E-state index in [9.17, 15) is 19.2 Å². The van der Waals surface area contributed by atoms with Crippen molar-refractivity contribution in [1.82, 2.24) is 0 Å². The second kappa shape index (κ2) is 9.56. The molecule has 0 bridgehead atoms. The van der Waals surface area contributed by atoms with Gasteiger partial charge in [-0.15, -0.1) is 0 Å². The van der Waals surface area contributed by atoms with Crippen LogP contribution in [0.2, 0.25) is 0 Å². The van der Waals surface area contributed by atoms with Crippen molar-refractivity contribution >= 4 is 35.6 Å². The lowest BCUT2D eigenvalue weighted by atomic mass is 10.1. The first kappa shape index (κ1) is 21.7. The predicted molar refractivity (Wildman–Crippen MR) is 95.7 cm³/mol. The van der Waals surface area contributed by atoms with Gasteiger partial charge in [0.2, 0.25) is 0 Å². The number of carbonyl (C=O) groups excluding carboxylic acids is 3. The number of aromatic carboxylic acids is 1. The minimum absolute atomic E-state index is 0.0693. The molecule has 2 rings (SSSR count). The molecule has 0 aromatic heterocycles. The van der Waals surface area contributed by atoms with Gasteiger partial charge in [-0.2, -0.15) is 0 Å². The molecule has 0 aliphatic carbocycles. The number of rotatable bonds is 6. The molecule has 0 unspecified atom stereocenters. The molecule has 152 valence electrons. The normalized spacial score (nSPS) is 24.1. The molecular formula is C18H20O9S. The maximum absolute atomic E-state index is 11.6. The molecule has 0 radical (unpaired) electrons. The first-order valence-electron chi connectivity index (χ1n) is 8.30. The van der Waals surface area contributed by atoms with Crippen molar-refractivity contribution in [1.29, 1.82) is 0 Å². The third-order valence-electron chi connectivity index (χ3n) is 3.66. The molecule has 1 heterocycles. The maximum atomic E-state index is 11.6. The maximum Gasteiger partial charge on any atom is 0.335 e. The fourth-order valence-corrected chi connectivity index (χ4v) is 3.67. The Morgan fingerprint density at radius 3 is 1.96 bits per heavy atom. The Morgan fingerprint density at radius 1 is 0.929 bits per heavy atom. The van der Waals surface area contributed by atoms with E-state index in [1.165, 1.54) is 32.9 Å². The van der Waals surface area contributed by atoms with Crippen LogP contribution < -0.4 is 0 Å². The number of hydrogen-bond acceptors (Lipinski definition) is 9. The fraction of sp³-hybridized carbons (Fsp3) is 0.444. The summed E-state index contributed by atoms with van der Waals surface area (Å²) in [5, 5.41) is 8.98. The van der Waals surface area contributed by atoms with E-state index in [0.717, 1.165) is 11.8 Å². The van der Waals surface area contributed by atoms with Crippen LogP contribution in [0, 0.1) is 0 Å². The van der Waals surface area contributed by atoms with Crippen molar-refractivity contribution in [3.8, 4) is 0 Å². The van der Waals surface area contributed by atoms with Gasteiger partial charge < -0.3 is 24.1 Å². The number of carboxylic acids is 1. The summed E-state index contributed by atoms with van der Waals surface area (Å²) in [6.07, 6.45) is -3.02. The van der Waals surface area contributed by atoms with Gasteiger partial charge in [-0.25, -0.2) is 4.79 Å². The zero-order valence-corrected chi connectivity index (χ0v) is 16.3. The van der Waals surface area contributed by atoms with Crippen molar-refractivity contribution in [3.05, 3.63) is 29.8 Å². The fourth-order valence-electron chi connectivity index (χ4n) is 2.62. The van der Waals surface area contributed by atoms with Crippen LogP contribution in [0.5, 0.6) is 0 Å². The molecule has 1 aromatic rings. The minimum Gasteiger partial charge on any atom is -0.478 e. The van der Waals surface area contributed by atoms with Crippen LogP contribution in [0.1, 0.15) is 31.1 Å². The van der Waals surface area contributed by atoms with Gasteiger partial charge in [-0.05, 0) is 24.3 Å². The molecule has 0 spiro atoms. The molecule has 9 nitrogen and oxygen atoms in total. The standard InChI is InChI=1S/C18H20O9S/c1-9(19)25-14-8-24-18(16(27-11(3)21)15(14)26-10(2)20)28-13-6-4-12(5-7-13)17(22)23/h4-7,14-16,18H,8H2,1-3H3,(H,22,23)/t14-,15+,16-,18+/m1/s1. The van der Waals surface area contributed by atoms with Gasteiger partial charge in [0.1, 0.15) is 5.44 Å². The van der Waals surface area contributed by atoms with Crippen LogP contribution in [-0.2, 0) is 33.3 Å². The Bertz CT molecular complexity index is 746. The summed E-state index contributed by atoms with van der Waals surface area (Å²) in [4.78, 5) is 46.1. The molecule has 0 saturated carbocycles. The second-order valence-corrected chi connectivity index (χ2v) is 7.12. The molecule has 1 aromatic carbocycles. The van der Waals surface area contributed by atoms with E-state index < -0.39 is 47.6 Å². The van der Waals surface area contributed by atoms with E-state index in [0.29, 0.717) is 4.90 Å². The molecule has 10 heteroatoms. The van der Waals surface area contributed by atoms with Crippen LogP contribution in [0.25, 0.3) is 0 Å². The highest BCUT2D eigenvalue weighted by Gasteiger charge is 2.47. The van der Waals surface area contributed by atoms with Crippen LogP contribution >= 0.6 is 11.8 Å². The highest BCUT2D eigenvalue weighted by Crippen LogP contribution is 2.34. The highest BCUT2D eigenvalue weighted by atomic mass is 32.2. The lowest BCUT2D eigenvalue weighted by Gasteiger charge is -2.40. The smallest absolute Gasteiger partial charge is 0.335 e. The van der Waals surface area contributed by atoms with Crippen molar-refractivity contribution in [2.24, 2.45) is 0 Å². The lowest BCUT2D eigenvalue weighted by Crippen LogP contribution is -2.56. The van der Waals surface area contributed by atoms with Gasteiger partial charge in [0.05, 0.1) is 12.2 Å². The average molecular weight is 412 g/mol. The van der Waals surface area contributed by atoms with E-state index in [4.69, 9.17) is 24.1 Å². The summed E-state index contributed by atoms with van der Waals surface area (Å²) in [5.41, 5.74) is -0.645. The summed E-state index contributed by atoms with van der Waals surface area (Å²) in [5.74, 6) is -2.90. The van der Waals surface area contributed by atoms with Crippen molar-refractivity contribution in [2.45, 2.75) is 49.4 Å². The van der Waals surface area contributed by atoms with E-state index >= 15 is 0 Å². The van der Waals surface area contributed by atoms with Crippen LogP contribution in [-0.4, -0.2) is 59.3 Å². The van der Waals surface area contributed by atoms with Crippen molar-refractivity contribution in [2.75, 3.05) is 6.61 Å². The number of carboxylic acid groups (broad SMARTS) is 1. The monoisotopic (exact) mass is 412 g/mol. The highest BCUT2D eigenvalue weighted by molar-refractivity contribution is 7.99. The summed E-state index contributed by atoms with van der Waals surface area (Å²) in [6, 6.07) is 6.03. The van der Waals surface area contributed by atoms with E-state index in [-0.39, 0.29) is 12.2 Å². The topological polar surface area (TPSA) is 125 Å². The average Bonchev–Trinajstić information content (AvgIpc) is 2.59. The molecule has 1 N–H and O–H groups in total. The predicted octanol–water partition coefficient (Wildman–Crippen LogP) is 1.63. The third-order valence-corrected chi connectivity index (χ3v) is 4.84. The second-order valence-electron chi connectivity index (χ2n) is 5.95. The van der Waals surface area contributed by atoms with Crippen LogP contribution in [0.3, 0.4) is 0 Å².